The second-order valence-electron chi connectivity index (χ2n) is 5.93. The van der Waals surface area contributed by atoms with E-state index in [1.807, 2.05) is 6.92 Å². The average Bonchev–Trinajstić information content (AvgIpc) is 2.66. The van der Waals surface area contributed by atoms with E-state index in [1.165, 1.54) is 38.4 Å². The molecule has 0 atom stereocenters. The molecule has 0 saturated heterocycles. The summed E-state index contributed by atoms with van der Waals surface area (Å²) in [6, 6.07) is 9.72. The van der Waals surface area contributed by atoms with Gasteiger partial charge in [-0.25, -0.2) is 12.8 Å². The van der Waals surface area contributed by atoms with Crippen molar-refractivity contribution in [2.24, 2.45) is 0 Å². The Hall–Kier alpha value is -2.98. The molecule has 0 bridgehead atoms. The minimum atomic E-state index is -3.86. The lowest BCUT2D eigenvalue weighted by Gasteiger charge is -2.17. The Morgan fingerprint density at radius 2 is 1.75 bits per heavy atom. The fourth-order valence-corrected chi connectivity index (χ4v) is 3.35. The van der Waals surface area contributed by atoms with Crippen LogP contribution in [0.25, 0.3) is 0 Å². The van der Waals surface area contributed by atoms with Crippen LogP contribution in [-0.4, -0.2) is 45.2 Å². The maximum absolute atomic E-state index is 13.6. The van der Waals surface area contributed by atoms with Crippen molar-refractivity contribution < 1.29 is 27.1 Å². The molecule has 0 aliphatic heterocycles. The minimum absolute atomic E-state index is 0.0245. The topological polar surface area (TPSA) is 105 Å². The number of methoxy groups -OCH3 is 1. The number of ether oxygens (including phenoxy) is 1. The number of likely N-dealkylation sites (N-methyl/N-ethyl adjacent to an activating group) is 1. The summed E-state index contributed by atoms with van der Waals surface area (Å²) in [6.07, 6.45) is 0. The van der Waals surface area contributed by atoms with E-state index in [-0.39, 0.29) is 16.2 Å². The van der Waals surface area contributed by atoms with Crippen molar-refractivity contribution in [1.82, 2.24) is 15.2 Å². The molecule has 2 aromatic carbocycles. The number of hydrogen-bond donors (Lipinski definition) is 2. The number of rotatable bonds is 6. The van der Waals surface area contributed by atoms with Crippen LogP contribution in [0.4, 0.5) is 4.39 Å². The lowest BCUT2D eigenvalue weighted by Crippen LogP contribution is -2.46. The number of hydrazine groups is 1. The molecule has 0 fully saturated rings. The molecule has 0 aliphatic rings. The van der Waals surface area contributed by atoms with E-state index in [4.69, 9.17) is 4.74 Å². The Morgan fingerprint density at radius 3 is 2.32 bits per heavy atom. The molecule has 0 spiro atoms. The van der Waals surface area contributed by atoms with Crippen molar-refractivity contribution in [1.29, 1.82) is 0 Å². The van der Waals surface area contributed by atoms with Crippen molar-refractivity contribution in [3.63, 3.8) is 0 Å². The predicted octanol–water partition coefficient (Wildman–Crippen LogP) is 1.22. The van der Waals surface area contributed by atoms with Gasteiger partial charge in [0, 0.05) is 12.6 Å². The maximum atomic E-state index is 13.6. The van der Waals surface area contributed by atoms with Gasteiger partial charge in [0.05, 0.1) is 18.6 Å². The van der Waals surface area contributed by atoms with Gasteiger partial charge in [0.2, 0.25) is 10.0 Å². The molecule has 28 heavy (non-hydrogen) atoms. The Balaban J connectivity index is 1.95. The van der Waals surface area contributed by atoms with Gasteiger partial charge in [0.1, 0.15) is 0 Å². The Labute approximate surface area is 162 Å². The van der Waals surface area contributed by atoms with Gasteiger partial charge >= 0.3 is 0 Å². The molecule has 0 heterocycles. The van der Waals surface area contributed by atoms with Gasteiger partial charge in [-0.05, 0) is 37.3 Å². The maximum Gasteiger partial charge on any atom is 0.269 e. The Bertz CT molecular complexity index is 977. The zero-order chi connectivity index (χ0) is 20.9. The number of nitrogens with one attached hydrogen (secondary N) is 2. The highest BCUT2D eigenvalue weighted by atomic mass is 32.2. The fourth-order valence-electron chi connectivity index (χ4n) is 2.22. The van der Waals surface area contributed by atoms with Crippen molar-refractivity contribution in [2.45, 2.75) is 11.8 Å². The van der Waals surface area contributed by atoms with E-state index in [9.17, 15) is 22.4 Å². The van der Waals surface area contributed by atoms with Crippen LogP contribution in [0, 0.1) is 12.7 Å². The molecule has 0 aliphatic carbocycles. The van der Waals surface area contributed by atoms with Crippen LogP contribution in [0.1, 0.15) is 15.9 Å². The molecule has 2 rings (SSSR count). The minimum Gasteiger partial charge on any atom is -0.494 e. The van der Waals surface area contributed by atoms with Crippen LogP contribution in [0.2, 0.25) is 0 Å². The summed E-state index contributed by atoms with van der Waals surface area (Å²) in [5.41, 5.74) is 5.05. The first-order chi connectivity index (χ1) is 13.1. The van der Waals surface area contributed by atoms with E-state index < -0.39 is 34.2 Å². The van der Waals surface area contributed by atoms with Crippen molar-refractivity contribution in [3.05, 3.63) is 59.4 Å². The average molecular weight is 409 g/mol. The molecular weight excluding hydrogens is 389 g/mol. The third-order valence-corrected chi connectivity index (χ3v) is 5.64. The van der Waals surface area contributed by atoms with Crippen molar-refractivity contribution in [3.8, 4) is 5.75 Å². The number of aryl methyl sites for hydroxylation is 1. The molecule has 8 nitrogen and oxygen atoms in total. The molecule has 2 amide bonds. The summed E-state index contributed by atoms with van der Waals surface area (Å²) in [6.45, 7) is 1.30. The monoisotopic (exact) mass is 409 g/mol. The Morgan fingerprint density at radius 1 is 1.11 bits per heavy atom. The first-order valence-electron chi connectivity index (χ1n) is 8.11. The SMILES string of the molecule is COc1ccc(C(=O)NNC(=O)CN(C)S(=O)(=O)c2ccc(C)cc2)cc1F. The largest absolute Gasteiger partial charge is 0.494 e. The van der Waals surface area contributed by atoms with Gasteiger partial charge in [-0.15, -0.1) is 0 Å². The molecule has 0 aromatic heterocycles. The van der Waals surface area contributed by atoms with Crippen LogP contribution >= 0.6 is 0 Å². The quantitative estimate of drug-likeness (QED) is 0.698. The second kappa shape index (κ2) is 8.81. The Kier molecular flexibility index (Phi) is 6.71. The molecule has 0 saturated carbocycles. The smallest absolute Gasteiger partial charge is 0.269 e. The van der Waals surface area contributed by atoms with Crippen LogP contribution < -0.4 is 15.6 Å². The van der Waals surface area contributed by atoms with Crippen LogP contribution in [0.15, 0.2) is 47.4 Å². The number of carbonyl (C=O) groups excluding carboxylic acids is 2. The number of halogens is 1. The van der Waals surface area contributed by atoms with E-state index in [0.717, 1.165) is 15.9 Å². The molecule has 2 aromatic rings. The number of carbonyl (C=O) groups is 2. The summed E-state index contributed by atoms with van der Waals surface area (Å²) in [7, 11) is -1.32. The first-order valence-corrected chi connectivity index (χ1v) is 9.55. The van der Waals surface area contributed by atoms with E-state index in [2.05, 4.69) is 10.9 Å². The van der Waals surface area contributed by atoms with E-state index in [0.29, 0.717) is 0 Å². The highest BCUT2D eigenvalue weighted by Gasteiger charge is 2.23. The number of hydrogen-bond acceptors (Lipinski definition) is 5. The van der Waals surface area contributed by atoms with Gasteiger partial charge < -0.3 is 4.74 Å². The van der Waals surface area contributed by atoms with Crippen LogP contribution in [0.5, 0.6) is 5.75 Å². The van der Waals surface area contributed by atoms with Crippen LogP contribution in [0.3, 0.4) is 0 Å². The van der Waals surface area contributed by atoms with Crippen molar-refractivity contribution in [2.75, 3.05) is 20.7 Å². The van der Waals surface area contributed by atoms with Crippen LogP contribution in [-0.2, 0) is 14.8 Å². The van der Waals surface area contributed by atoms with Crippen molar-refractivity contribution >= 4 is 21.8 Å². The fraction of sp³-hybridized carbons (Fsp3) is 0.222. The third kappa shape index (κ3) is 5.05. The van der Waals surface area contributed by atoms with Gasteiger partial charge in [-0.1, -0.05) is 17.7 Å². The summed E-state index contributed by atoms with van der Waals surface area (Å²) >= 11 is 0. The zero-order valence-electron chi connectivity index (χ0n) is 15.5. The zero-order valence-corrected chi connectivity index (χ0v) is 16.3. The first kappa shape index (κ1) is 21.3. The number of sulfonamides is 1. The van der Waals surface area contributed by atoms with Gasteiger partial charge in [0.15, 0.2) is 11.6 Å². The molecular formula is C18H20FN3O5S. The van der Waals surface area contributed by atoms with Gasteiger partial charge in [0.25, 0.3) is 11.8 Å². The normalized spacial score (nSPS) is 11.2. The number of benzene rings is 2. The summed E-state index contributed by atoms with van der Waals surface area (Å²) in [5.74, 6) is -2.28. The predicted molar refractivity (Wildman–Crippen MR) is 99.6 cm³/mol. The van der Waals surface area contributed by atoms with E-state index >= 15 is 0 Å². The second-order valence-corrected chi connectivity index (χ2v) is 7.97. The molecule has 2 N–H and O–H groups in total. The molecule has 10 heteroatoms. The number of nitrogens with zero attached hydrogens (tertiary/aromatic N) is 1. The van der Waals surface area contributed by atoms with Gasteiger partial charge in [-0.3, -0.25) is 20.4 Å². The summed E-state index contributed by atoms with van der Waals surface area (Å²) < 4.78 is 44.1. The summed E-state index contributed by atoms with van der Waals surface area (Å²) in [5, 5.41) is 0. The standard InChI is InChI=1S/C18H20FN3O5S/c1-12-4-7-14(8-5-12)28(25,26)22(2)11-17(23)20-21-18(24)13-6-9-16(27-3)15(19)10-13/h4-10H,11H2,1-3H3,(H,20,23)(H,21,24). The molecule has 0 unspecified atom stereocenters. The summed E-state index contributed by atoms with van der Waals surface area (Å²) in [4.78, 5) is 24.0. The number of amides is 2. The lowest BCUT2D eigenvalue weighted by atomic mass is 10.2. The van der Waals surface area contributed by atoms with Gasteiger partial charge in [-0.2, -0.15) is 4.31 Å². The third-order valence-electron chi connectivity index (χ3n) is 3.82. The van der Waals surface area contributed by atoms with E-state index in [1.54, 1.807) is 12.1 Å². The molecule has 150 valence electrons. The highest BCUT2D eigenvalue weighted by Crippen LogP contribution is 2.17. The lowest BCUT2D eigenvalue weighted by molar-refractivity contribution is -0.121. The molecule has 0 radical (unpaired) electrons. The highest BCUT2D eigenvalue weighted by molar-refractivity contribution is 7.89.